The van der Waals surface area contributed by atoms with Gasteiger partial charge in [0.2, 0.25) is 0 Å². The van der Waals surface area contributed by atoms with Crippen LogP contribution in [-0.4, -0.2) is 42.1 Å². The van der Waals surface area contributed by atoms with E-state index < -0.39 is 6.10 Å². The minimum absolute atomic E-state index is 0.0495. The molecule has 2 aliphatic heterocycles. The van der Waals surface area contributed by atoms with E-state index in [-0.39, 0.29) is 30.3 Å². The molecule has 0 aliphatic carbocycles. The molecule has 0 bridgehead atoms. The van der Waals surface area contributed by atoms with Gasteiger partial charge in [-0.1, -0.05) is 18.2 Å². The lowest BCUT2D eigenvalue weighted by atomic mass is 10.1. The highest BCUT2D eigenvalue weighted by molar-refractivity contribution is 6.04. The van der Waals surface area contributed by atoms with E-state index in [1.807, 2.05) is 0 Å². The first kappa shape index (κ1) is 19.4. The van der Waals surface area contributed by atoms with E-state index in [1.54, 1.807) is 42.2 Å². The van der Waals surface area contributed by atoms with Crippen LogP contribution in [0, 0.1) is 5.82 Å². The zero-order valence-electron chi connectivity index (χ0n) is 16.2. The van der Waals surface area contributed by atoms with Gasteiger partial charge in [-0.15, -0.1) is 0 Å². The predicted molar refractivity (Wildman–Crippen MR) is 105 cm³/mol. The zero-order chi connectivity index (χ0) is 20.4. The number of para-hydroxylation sites is 1. The largest absolute Gasteiger partial charge is 0.478 e. The van der Waals surface area contributed by atoms with E-state index in [2.05, 4.69) is 5.32 Å². The Hall–Kier alpha value is -2.93. The molecule has 4 rings (SSSR count). The average molecular weight is 398 g/mol. The van der Waals surface area contributed by atoms with Crippen LogP contribution in [0.3, 0.4) is 0 Å². The fourth-order valence-corrected chi connectivity index (χ4v) is 3.67. The molecule has 6 nitrogen and oxygen atoms in total. The van der Waals surface area contributed by atoms with E-state index in [0.29, 0.717) is 35.7 Å². The lowest BCUT2D eigenvalue weighted by molar-refractivity contribution is -0.122. The second kappa shape index (κ2) is 8.21. The lowest BCUT2D eigenvalue weighted by Crippen LogP contribution is -2.39. The Balaban J connectivity index is 1.64. The van der Waals surface area contributed by atoms with Gasteiger partial charge in [-0.05, 0) is 49.6 Å². The van der Waals surface area contributed by atoms with Crippen LogP contribution in [0.5, 0.6) is 5.75 Å². The maximum Gasteiger partial charge on any atom is 0.265 e. The van der Waals surface area contributed by atoms with Crippen molar-refractivity contribution in [2.24, 2.45) is 0 Å². The van der Waals surface area contributed by atoms with Gasteiger partial charge < -0.3 is 19.7 Å². The Labute approximate surface area is 168 Å². The Kier molecular flexibility index (Phi) is 5.49. The summed E-state index contributed by atoms with van der Waals surface area (Å²) in [4.78, 5) is 27.0. The first-order valence-electron chi connectivity index (χ1n) is 9.77. The number of carbonyl (C=O) groups excluding carboxylic acids is 2. The molecule has 0 aromatic heterocycles. The van der Waals surface area contributed by atoms with Crippen LogP contribution in [-0.2, 0) is 16.1 Å². The number of hydrogen-bond acceptors (Lipinski definition) is 4. The minimum atomic E-state index is -0.689. The Morgan fingerprint density at radius 2 is 2.10 bits per heavy atom. The number of hydrogen-bond donors (Lipinski definition) is 1. The van der Waals surface area contributed by atoms with Gasteiger partial charge in [0.25, 0.3) is 11.8 Å². The van der Waals surface area contributed by atoms with Crippen molar-refractivity contribution >= 4 is 17.5 Å². The topological polar surface area (TPSA) is 67.9 Å². The minimum Gasteiger partial charge on any atom is -0.478 e. The highest BCUT2D eigenvalue weighted by Gasteiger charge is 2.31. The van der Waals surface area contributed by atoms with Gasteiger partial charge in [0.05, 0.1) is 17.4 Å². The van der Waals surface area contributed by atoms with E-state index >= 15 is 0 Å². The smallest absolute Gasteiger partial charge is 0.265 e. The zero-order valence-corrected chi connectivity index (χ0v) is 16.2. The normalized spacial score (nSPS) is 20.6. The number of nitrogens with one attached hydrogen (secondary N) is 1. The van der Waals surface area contributed by atoms with Crippen molar-refractivity contribution < 1.29 is 23.5 Å². The summed E-state index contributed by atoms with van der Waals surface area (Å²) in [6.45, 7) is 2.97. The highest BCUT2D eigenvalue weighted by atomic mass is 19.1. The Morgan fingerprint density at radius 1 is 1.28 bits per heavy atom. The van der Waals surface area contributed by atoms with Crippen molar-refractivity contribution in [3.63, 3.8) is 0 Å². The molecule has 1 fully saturated rings. The first-order chi connectivity index (χ1) is 14.0. The molecule has 152 valence electrons. The van der Waals surface area contributed by atoms with Crippen LogP contribution < -0.4 is 10.1 Å². The summed E-state index contributed by atoms with van der Waals surface area (Å²) in [6, 6.07) is 11.3. The summed E-state index contributed by atoms with van der Waals surface area (Å²) >= 11 is 0. The quantitative estimate of drug-likeness (QED) is 0.839. The molecule has 2 atom stereocenters. The molecule has 2 amide bonds. The van der Waals surface area contributed by atoms with Gasteiger partial charge >= 0.3 is 0 Å². The third-order valence-corrected chi connectivity index (χ3v) is 5.16. The summed E-state index contributed by atoms with van der Waals surface area (Å²) in [7, 11) is 0. The molecule has 29 heavy (non-hydrogen) atoms. The maximum absolute atomic E-state index is 13.7. The molecular weight excluding hydrogens is 375 g/mol. The molecule has 2 aliphatic rings. The number of halogens is 1. The highest BCUT2D eigenvalue weighted by Crippen LogP contribution is 2.34. The molecule has 0 saturated carbocycles. The van der Waals surface area contributed by atoms with E-state index in [1.165, 1.54) is 12.1 Å². The second-order valence-electron chi connectivity index (χ2n) is 7.38. The standard InChI is InChI=1S/C22H23FN2O4/c1-14-21(26)24-19-9-3-8-18(20(19)29-14)22(27)25(13-17-7-4-10-28-17)12-15-5-2-6-16(23)11-15/h2-3,5-6,8-9,11,14,17H,4,7,10,12-13H2,1H3,(H,24,26)/t14-,17-/m1/s1. The van der Waals surface area contributed by atoms with E-state index in [9.17, 15) is 14.0 Å². The van der Waals surface area contributed by atoms with Gasteiger partial charge in [0.15, 0.2) is 11.9 Å². The van der Waals surface area contributed by atoms with Crippen molar-refractivity contribution in [2.75, 3.05) is 18.5 Å². The lowest BCUT2D eigenvalue weighted by Gasteiger charge is -2.29. The van der Waals surface area contributed by atoms with Crippen LogP contribution in [0.1, 0.15) is 35.7 Å². The molecular formula is C22H23FN2O4. The van der Waals surface area contributed by atoms with Crippen LogP contribution in [0.15, 0.2) is 42.5 Å². The maximum atomic E-state index is 13.7. The second-order valence-corrected chi connectivity index (χ2v) is 7.38. The Morgan fingerprint density at radius 3 is 2.86 bits per heavy atom. The molecule has 2 aromatic carbocycles. The number of anilines is 1. The van der Waals surface area contributed by atoms with Crippen LogP contribution in [0.2, 0.25) is 0 Å². The number of fused-ring (bicyclic) bond motifs is 1. The summed E-state index contributed by atoms with van der Waals surface area (Å²) in [5.74, 6) is -0.479. The van der Waals surface area contributed by atoms with Crippen molar-refractivity contribution in [2.45, 2.75) is 38.5 Å². The third kappa shape index (κ3) is 4.24. The van der Waals surface area contributed by atoms with Gasteiger partial charge in [-0.3, -0.25) is 9.59 Å². The SMILES string of the molecule is C[C@H]1Oc2c(cccc2C(=O)N(Cc2cccc(F)c2)C[C@H]2CCCO2)NC1=O. The van der Waals surface area contributed by atoms with E-state index in [4.69, 9.17) is 9.47 Å². The van der Waals surface area contributed by atoms with Gasteiger partial charge in [0.1, 0.15) is 5.82 Å². The third-order valence-electron chi connectivity index (χ3n) is 5.16. The number of benzene rings is 2. The molecule has 0 spiro atoms. The monoisotopic (exact) mass is 398 g/mol. The molecule has 1 N–H and O–H groups in total. The molecule has 1 saturated heterocycles. The van der Waals surface area contributed by atoms with Gasteiger partial charge in [0, 0.05) is 19.7 Å². The van der Waals surface area contributed by atoms with Crippen LogP contribution in [0.25, 0.3) is 0 Å². The summed E-state index contributed by atoms with van der Waals surface area (Å²) < 4.78 is 25.1. The van der Waals surface area contributed by atoms with Crippen molar-refractivity contribution in [3.8, 4) is 5.75 Å². The predicted octanol–water partition coefficient (Wildman–Crippen LogP) is 3.37. The molecule has 0 radical (unpaired) electrons. The fraction of sp³-hybridized carbons (Fsp3) is 0.364. The molecule has 7 heteroatoms. The molecule has 0 unspecified atom stereocenters. The van der Waals surface area contributed by atoms with Crippen molar-refractivity contribution in [1.82, 2.24) is 4.90 Å². The molecule has 2 heterocycles. The van der Waals surface area contributed by atoms with Gasteiger partial charge in [-0.25, -0.2) is 4.39 Å². The number of ether oxygens (including phenoxy) is 2. The van der Waals surface area contributed by atoms with Crippen LogP contribution in [0.4, 0.5) is 10.1 Å². The molecule has 2 aromatic rings. The van der Waals surface area contributed by atoms with E-state index in [0.717, 1.165) is 12.8 Å². The summed E-state index contributed by atoms with van der Waals surface area (Å²) in [5, 5.41) is 2.77. The summed E-state index contributed by atoms with van der Waals surface area (Å²) in [5.41, 5.74) is 1.54. The number of rotatable bonds is 5. The number of carbonyl (C=O) groups is 2. The number of amides is 2. The first-order valence-corrected chi connectivity index (χ1v) is 9.77. The summed E-state index contributed by atoms with van der Waals surface area (Å²) in [6.07, 6.45) is 1.10. The average Bonchev–Trinajstić information content (AvgIpc) is 3.21. The Bertz CT molecular complexity index is 927. The fourth-order valence-electron chi connectivity index (χ4n) is 3.67. The van der Waals surface area contributed by atoms with Gasteiger partial charge in [-0.2, -0.15) is 0 Å². The van der Waals surface area contributed by atoms with Crippen molar-refractivity contribution in [1.29, 1.82) is 0 Å². The van der Waals surface area contributed by atoms with Crippen LogP contribution >= 0.6 is 0 Å². The number of nitrogens with zero attached hydrogens (tertiary/aromatic N) is 1. The van der Waals surface area contributed by atoms with Crippen molar-refractivity contribution in [3.05, 3.63) is 59.4 Å².